The second kappa shape index (κ2) is 9.76. The van der Waals surface area contributed by atoms with Crippen LogP contribution in [0.25, 0.3) is 0 Å². The maximum Gasteiger partial charge on any atom is 0.223 e. The lowest BCUT2D eigenvalue weighted by molar-refractivity contribution is -0.126. The van der Waals surface area contributed by atoms with Gasteiger partial charge < -0.3 is 5.32 Å². The van der Waals surface area contributed by atoms with Crippen molar-refractivity contribution < 1.29 is 13.4 Å². The summed E-state index contributed by atoms with van der Waals surface area (Å²) >= 11 is 3.37. The Morgan fingerprint density at radius 2 is 1.68 bits per heavy atom. The van der Waals surface area contributed by atoms with E-state index in [4.69, 9.17) is 0 Å². The van der Waals surface area contributed by atoms with Crippen molar-refractivity contribution in [1.29, 1.82) is 0 Å². The van der Waals surface area contributed by atoms with Crippen molar-refractivity contribution in [1.82, 2.24) is 10.0 Å². The van der Waals surface area contributed by atoms with E-state index in [1.807, 2.05) is 31.2 Å². The summed E-state index contributed by atoms with van der Waals surface area (Å²) in [6, 6.07) is 13.6. The normalized spacial score (nSPS) is 21.7. The highest BCUT2D eigenvalue weighted by molar-refractivity contribution is 9.10. The van der Waals surface area contributed by atoms with E-state index in [9.17, 15) is 13.4 Å². The monoisotopic (exact) mass is 466 g/mol. The molecular formula is C21H24BrFN2O2S. The lowest BCUT2D eigenvalue weighted by Gasteiger charge is -2.29. The van der Waals surface area contributed by atoms with Crippen LogP contribution in [-0.2, 0) is 15.8 Å². The van der Waals surface area contributed by atoms with Crippen LogP contribution in [0, 0.1) is 11.7 Å². The highest BCUT2D eigenvalue weighted by Crippen LogP contribution is 2.26. The molecule has 0 heterocycles. The zero-order valence-electron chi connectivity index (χ0n) is 15.7. The van der Waals surface area contributed by atoms with E-state index in [0.717, 1.165) is 40.6 Å². The first-order valence-electron chi connectivity index (χ1n) is 9.41. The molecule has 0 aromatic heterocycles. The first-order valence-corrected chi connectivity index (χ1v) is 11.4. The summed E-state index contributed by atoms with van der Waals surface area (Å²) in [5.74, 6) is -0.292. The SMILES string of the molecule is CC(NC(=O)C1CCC(NS(=O)c2ccc(Br)cc2)CC1)c1ccc(F)cc1. The van der Waals surface area contributed by atoms with Crippen molar-refractivity contribution in [2.45, 2.75) is 49.6 Å². The third-order valence-corrected chi connectivity index (χ3v) is 6.90. The number of hydrogen-bond acceptors (Lipinski definition) is 2. The molecule has 1 aliphatic carbocycles. The lowest BCUT2D eigenvalue weighted by atomic mass is 9.85. The van der Waals surface area contributed by atoms with Gasteiger partial charge in [0.25, 0.3) is 0 Å². The van der Waals surface area contributed by atoms with Crippen LogP contribution in [0.2, 0.25) is 0 Å². The summed E-state index contributed by atoms with van der Waals surface area (Å²) in [7, 11) is -1.25. The van der Waals surface area contributed by atoms with Crippen molar-refractivity contribution in [3.63, 3.8) is 0 Å². The van der Waals surface area contributed by atoms with E-state index >= 15 is 0 Å². The molecule has 4 nitrogen and oxygen atoms in total. The minimum Gasteiger partial charge on any atom is -0.349 e. The molecular weight excluding hydrogens is 443 g/mol. The van der Waals surface area contributed by atoms with Crippen LogP contribution in [0.1, 0.15) is 44.2 Å². The fourth-order valence-electron chi connectivity index (χ4n) is 3.42. The average Bonchev–Trinajstić information content (AvgIpc) is 2.69. The molecule has 1 amide bonds. The second-order valence-corrected chi connectivity index (χ2v) is 9.33. The molecule has 2 aromatic rings. The van der Waals surface area contributed by atoms with Gasteiger partial charge >= 0.3 is 0 Å². The second-order valence-electron chi connectivity index (χ2n) is 7.17. The number of amides is 1. The van der Waals surface area contributed by atoms with Crippen molar-refractivity contribution >= 4 is 32.8 Å². The summed E-state index contributed by atoms with van der Waals surface area (Å²) in [5, 5.41) is 3.03. The van der Waals surface area contributed by atoms with Crippen molar-refractivity contribution in [2.75, 3.05) is 0 Å². The van der Waals surface area contributed by atoms with E-state index in [1.165, 1.54) is 12.1 Å². The van der Waals surface area contributed by atoms with Gasteiger partial charge in [0.15, 0.2) is 0 Å². The Morgan fingerprint density at radius 3 is 2.29 bits per heavy atom. The molecule has 0 saturated heterocycles. The Hall–Kier alpha value is -1.57. The van der Waals surface area contributed by atoms with Crippen LogP contribution in [-0.4, -0.2) is 16.2 Å². The first kappa shape index (κ1) is 21.1. The van der Waals surface area contributed by atoms with Gasteiger partial charge in [0, 0.05) is 16.4 Å². The van der Waals surface area contributed by atoms with Crippen LogP contribution in [0.5, 0.6) is 0 Å². The third kappa shape index (κ3) is 5.72. The largest absolute Gasteiger partial charge is 0.349 e. The molecule has 0 spiro atoms. The van der Waals surface area contributed by atoms with Crippen molar-refractivity contribution in [2.24, 2.45) is 5.92 Å². The molecule has 7 heteroatoms. The molecule has 1 aliphatic rings. The van der Waals surface area contributed by atoms with Gasteiger partial charge in [0.2, 0.25) is 5.91 Å². The van der Waals surface area contributed by atoms with Gasteiger partial charge in [-0.15, -0.1) is 0 Å². The number of benzene rings is 2. The van der Waals surface area contributed by atoms with E-state index in [2.05, 4.69) is 26.0 Å². The van der Waals surface area contributed by atoms with Gasteiger partial charge in [0.1, 0.15) is 16.8 Å². The Morgan fingerprint density at radius 1 is 1.07 bits per heavy atom. The van der Waals surface area contributed by atoms with Gasteiger partial charge in [-0.25, -0.2) is 13.3 Å². The molecule has 2 N–H and O–H groups in total. The van der Waals surface area contributed by atoms with Gasteiger partial charge in [-0.1, -0.05) is 28.1 Å². The molecule has 3 rings (SSSR count). The Labute approximate surface area is 176 Å². The molecule has 0 aliphatic heterocycles. The average molecular weight is 467 g/mol. The summed E-state index contributed by atoms with van der Waals surface area (Å²) in [6.07, 6.45) is 3.14. The molecule has 1 saturated carbocycles. The van der Waals surface area contributed by atoms with Crippen LogP contribution in [0.15, 0.2) is 57.9 Å². The van der Waals surface area contributed by atoms with Gasteiger partial charge in [-0.05, 0) is 74.6 Å². The van der Waals surface area contributed by atoms with Crippen molar-refractivity contribution in [3.05, 3.63) is 64.4 Å². The number of nitrogens with one attached hydrogen (secondary N) is 2. The van der Waals surface area contributed by atoms with E-state index in [0.29, 0.717) is 0 Å². The minimum absolute atomic E-state index is 0.0318. The fourth-order valence-corrected chi connectivity index (χ4v) is 4.74. The van der Waals surface area contributed by atoms with Gasteiger partial charge in [-0.3, -0.25) is 4.79 Å². The third-order valence-electron chi connectivity index (χ3n) is 5.13. The standard InChI is InChI=1S/C21H24BrFN2O2S/c1-14(15-2-8-18(23)9-3-15)24-21(26)16-4-10-19(11-5-16)25-28(27)20-12-6-17(22)7-13-20/h2-3,6-9,12-14,16,19,25H,4-5,10-11H2,1H3,(H,24,26). The predicted octanol–water partition coefficient (Wildman–Crippen LogP) is 4.64. The Balaban J connectivity index is 1.46. The molecule has 150 valence electrons. The summed E-state index contributed by atoms with van der Waals surface area (Å²) in [6.45, 7) is 1.90. The van der Waals surface area contributed by atoms with E-state index in [-0.39, 0.29) is 29.7 Å². The van der Waals surface area contributed by atoms with Crippen molar-refractivity contribution in [3.8, 4) is 0 Å². The summed E-state index contributed by atoms with van der Waals surface area (Å²) in [5.41, 5.74) is 0.884. The number of halogens is 2. The lowest BCUT2D eigenvalue weighted by Crippen LogP contribution is -2.39. The maximum absolute atomic E-state index is 13.0. The van der Waals surface area contributed by atoms with Crippen LogP contribution < -0.4 is 10.0 Å². The van der Waals surface area contributed by atoms with Crippen LogP contribution >= 0.6 is 15.9 Å². The van der Waals surface area contributed by atoms with E-state index < -0.39 is 11.0 Å². The number of rotatable bonds is 6. The molecule has 2 aromatic carbocycles. The first-order chi connectivity index (χ1) is 13.4. The molecule has 2 atom stereocenters. The fraction of sp³-hybridized carbons (Fsp3) is 0.381. The number of carbonyl (C=O) groups excluding carboxylic acids is 1. The quantitative estimate of drug-likeness (QED) is 0.651. The van der Waals surface area contributed by atoms with Gasteiger partial charge in [-0.2, -0.15) is 0 Å². The van der Waals surface area contributed by atoms with E-state index in [1.54, 1.807) is 12.1 Å². The molecule has 2 unspecified atom stereocenters. The molecule has 28 heavy (non-hydrogen) atoms. The smallest absolute Gasteiger partial charge is 0.223 e. The zero-order valence-corrected chi connectivity index (χ0v) is 18.1. The van der Waals surface area contributed by atoms with Crippen LogP contribution in [0.3, 0.4) is 0 Å². The molecule has 0 radical (unpaired) electrons. The zero-order chi connectivity index (χ0) is 20.1. The number of carbonyl (C=O) groups is 1. The number of hydrogen-bond donors (Lipinski definition) is 2. The molecule has 1 fully saturated rings. The predicted molar refractivity (Wildman–Crippen MR) is 112 cm³/mol. The highest BCUT2D eigenvalue weighted by Gasteiger charge is 2.28. The van der Waals surface area contributed by atoms with Gasteiger partial charge in [0.05, 0.1) is 10.9 Å². The van der Waals surface area contributed by atoms with Crippen LogP contribution in [0.4, 0.5) is 4.39 Å². The summed E-state index contributed by atoms with van der Waals surface area (Å²) in [4.78, 5) is 13.3. The highest BCUT2D eigenvalue weighted by atomic mass is 79.9. The summed E-state index contributed by atoms with van der Waals surface area (Å²) < 4.78 is 29.6. The maximum atomic E-state index is 13.0. The molecule has 0 bridgehead atoms. The minimum atomic E-state index is -1.25. The Bertz CT molecular complexity index is 821. The Kier molecular flexibility index (Phi) is 7.37. The topological polar surface area (TPSA) is 58.2 Å².